The summed E-state index contributed by atoms with van der Waals surface area (Å²) in [5.74, 6) is 0.319. The van der Waals surface area contributed by atoms with Crippen LogP contribution in [-0.2, 0) is 9.59 Å². The minimum Gasteiger partial charge on any atom is -0.378 e. The van der Waals surface area contributed by atoms with Crippen LogP contribution in [0.4, 0.5) is 20.3 Å². The fraction of sp³-hybridized carbons (Fsp3) is 0.400. The smallest absolute Gasteiger partial charge is 0.250 e. The predicted octanol–water partition coefficient (Wildman–Crippen LogP) is 1.98. The van der Waals surface area contributed by atoms with Crippen molar-refractivity contribution in [1.29, 1.82) is 5.26 Å². The molecule has 2 aromatic heterocycles. The summed E-state index contributed by atoms with van der Waals surface area (Å²) in [5, 5.41) is 17.6. The van der Waals surface area contributed by atoms with Crippen LogP contribution in [0.25, 0.3) is 11.3 Å². The van der Waals surface area contributed by atoms with Crippen molar-refractivity contribution in [2.45, 2.75) is 31.7 Å². The van der Waals surface area contributed by atoms with E-state index in [0.717, 1.165) is 12.8 Å². The van der Waals surface area contributed by atoms with Gasteiger partial charge in [0.1, 0.15) is 12.4 Å². The van der Waals surface area contributed by atoms with E-state index in [9.17, 15) is 23.6 Å². The van der Waals surface area contributed by atoms with Gasteiger partial charge < -0.3 is 20.7 Å². The van der Waals surface area contributed by atoms with Crippen molar-refractivity contribution in [3.63, 3.8) is 0 Å². The average Bonchev–Trinajstić information content (AvgIpc) is 3.60. The van der Waals surface area contributed by atoms with Crippen LogP contribution < -0.4 is 16.0 Å². The third-order valence-corrected chi connectivity index (χ3v) is 4.57. The normalized spacial score (nSPS) is 14.0. The van der Waals surface area contributed by atoms with E-state index in [1.54, 1.807) is 6.07 Å². The lowest BCUT2D eigenvalue weighted by Gasteiger charge is -2.19. The second-order valence-corrected chi connectivity index (χ2v) is 7.08. The molecule has 1 saturated carbocycles. The molecule has 0 aliphatic heterocycles. The molecule has 1 aliphatic rings. The first-order valence-electron chi connectivity index (χ1n) is 9.72. The largest absolute Gasteiger partial charge is 0.378 e. The Bertz CT molecular complexity index is 959. The van der Waals surface area contributed by atoms with Gasteiger partial charge in [-0.1, -0.05) is 0 Å². The van der Waals surface area contributed by atoms with Crippen molar-refractivity contribution >= 4 is 23.7 Å². The minimum atomic E-state index is -2.51. The average molecular weight is 429 g/mol. The zero-order valence-electron chi connectivity index (χ0n) is 16.5. The lowest BCUT2D eigenvalue weighted by atomic mass is 10.1. The van der Waals surface area contributed by atoms with Gasteiger partial charge in [-0.3, -0.25) is 9.78 Å². The van der Waals surface area contributed by atoms with E-state index in [0.29, 0.717) is 29.0 Å². The number of carbonyl (C=O) groups excluding carboxylic acids is 2. The van der Waals surface area contributed by atoms with Crippen LogP contribution in [-0.4, -0.2) is 52.7 Å². The molecule has 11 heteroatoms. The number of amides is 1. The van der Waals surface area contributed by atoms with Gasteiger partial charge >= 0.3 is 0 Å². The first kappa shape index (κ1) is 22.2. The van der Waals surface area contributed by atoms with Gasteiger partial charge in [0.15, 0.2) is 11.5 Å². The highest BCUT2D eigenvalue weighted by molar-refractivity contribution is 5.93. The van der Waals surface area contributed by atoms with Gasteiger partial charge in [-0.15, -0.1) is 0 Å². The summed E-state index contributed by atoms with van der Waals surface area (Å²) in [5.41, 5.74) is 1.46. The molecule has 2 aromatic rings. The molecular formula is C20H21F2N7O2. The topological polar surface area (TPSA) is 133 Å². The lowest BCUT2D eigenvalue weighted by Crippen LogP contribution is -2.35. The predicted molar refractivity (Wildman–Crippen MR) is 108 cm³/mol. The number of aldehydes is 1. The molecule has 1 atom stereocenters. The highest BCUT2D eigenvalue weighted by atomic mass is 19.3. The number of alkyl halides is 2. The van der Waals surface area contributed by atoms with Crippen molar-refractivity contribution < 1.29 is 18.4 Å². The van der Waals surface area contributed by atoms with E-state index in [4.69, 9.17) is 0 Å². The molecule has 0 unspecified atom stereocenters. The SMILES string of the molecule is N#Cc1ncc(-c2cnc(NC(=O)C3CC3)cn2)cc1N[C@@H](CC=O)CNCC(F)F. The van der Waals surface area contributed by atoms with Crippen LogP contribution in [0.3, 0.4) is 0 Å². The highest BCUT2D eigenvalue weighted by Gasteiger charge is 2.29. The molecule has 1 fully saturated rings. The Balaban J connectivity index is 1.73. The molecular weight excluding hydrogens is 408 g/mol. The quantitative estimate of drug-likeness (QED) is 0.462. The highest BCUT2D eigenvalue weighted by Crippen LogP contribution is 2.30. The number of hydrogen-bond donors (Lipinski definition) is 3. The molecule has 3 N–H and O–H groups in total. The summed E-state index contributed by atoms with van der Waals surface area (Å²) < 4.78 is 24.7. The van der Waals surface area contributed by atoms with Crippen LogP contribution in [0.15, 0.2) is 24.7 Å². The Kier molecular flexibility index (Phi) is 7.50. The molecule has 1 aliphatic carbocycles. The molecule has 0 radical (unpaired) electrons. The van der Waals surface area contributed by atoms with Crippen LogP contribution in [0.2, 0.25) is 0 Å². The summed E-state index contributed by atoms with van der Waals surface area (Å²) in [4.78, 5) is 35.3. The molecule has 0 spiro atoms. The van der Waals surface area contributed by atoms with Gasteiger partial charge in [0.05, 0.1) is 30.3 Å². The number of nitrogens with one attached hydrogen (secondary N) is 3. The maximum absolute atomic E-state index is 12.4. The Hall–Kier alpha value is -3.52. The van der Waals surface area contributed by atoms with Gasteiger partial charge in [0.25, 0.3) is 6.43 Å². The van der Waals surface area contributed by atoms with Gasteiger partial charge in [-0.05, 0) is 18.9 Å². The number of halogens is 2. The third kappa shape index (κ3) is 6.48. The van der Waals surface area contributed by atoms with E-state index in [1.165, 1.54) is 18.6 Å². The number of hydrogen-bond acceptors (Lipinski definition) is 8. The summed E-state index contributed by atoms with van der Waals surface area (Å²) in [6.45, 7) is -0.396. The lowest BCUT2D eigenvalue weighted by molar-refractivity contribution is -0.117. The van der Waals surface area contributed by atoms with Crippen LogP contribution in [0, 0.1) is 17.2 Å². The fourth-order valence-corrected chi connectivity index (χ4v) is 2.82. The zero-order valence-corrected chi connectivity index (χ0v) is 16.5. The van der Waals surface area contributed by atoms with Crippen molar-refractivity contribution in [2.24, 2.45) is 5.92 Å². The van der Waals surface area contributed by atoms with E-state index < -0.39 is 19.0 Å². The molecule has 1 amide bonds. The number of nitrogens with zero attached hydrogens (tertiary/aromatic N) is 4. The van der Waals surface area contributed by atoms with Gasteiger partial charge in [-0.25, -0.2) is 18.7 Å². The molecule has 31 heavy (non-hydrogen) atoms. The summed E-state index contributed by atoms with van der Waals surface area (Å²) in [6, 6.07) is 3.08. The number of rotatable bonds is 11. The van der Waals surface area contributed by atoms with Crippen LogP contribution >= 0.6 is 0 Å². The maximum Gasteiger partial charge on any atom is 0.250 e. The zero-order chi connectivity index (χ0) is 22.2. The Morgan fingerprint density at radius 3 is 2.65 bits per heavy atom. The molecule has 162 valence electrons. The molecule has 0 saturated heterocycles. The first-order valence-corrected chi connectivity index (χ1v) is 9.72. The number of aromatic nitrogens is 3. The van der Waals surface area contributed by atoms with Crippen molar-refractivity contribution in [3.05, 3.63) is 30.4 Å². The number of carbonyl (C=O) groups is 2. The van der Waals surface area contributed by atoms with E-state index in [2.05, 4.69) is 30.9 Å². The molecule has 3 rings (SSSR count). The van der Waals surface area contributed by atoms with Crippen LogP contribution in [0.5, 0.6) is 0 Å². The second kappa shape index (κ2) is 10.5. The monoisotopic (exact) mass is 429 g/mol. The number of pyridine rings is 1. The van der Waals surface area contributed by atoms with E-state index >= 15 is 0 Å². The van der Waals surface area contributed by atoms with E-state index in [1.807, 2.05) is 6.07 Å². The van der Waals surface area contributed by atoms with Gasteiger partial charge in [0, 0.05) is 36.7 Å². The van der Waals surface area contributed by atoms with Crippen molar-refractivity contribution in [3.8, 4) is 17.3 Å². The summed E-state index contributed by atoms with van der Waals surface area (Å²) in [6.07, 6.45) is 4.35. The summed E-state index contributed by atoms with van der Waals surface area (Å²) >= 11 is 0. The van der Waals surface area contributed by atoms with Gasteiger partial charge in [0.2, 0.25) is 5.91 Å². The van der Waals surface area contributed by atoms with Crippen molar-refractivity contribution in [1.82, 2.24) is 20.3 Å². The van der Waals surface area contributed by atoms with E-state index in [-0.39, 0.29) is 30.5 Å². The molecule has 9 nitrogen and oxygen atoms in total. The second-order valence-electron chi connectivity index (χ2n) is 7.08. The first-order chi connectivity index (χ1) is 15.0. The van der Waals surface area contributed by atoms with Crippen LogP contribution in [0.1, 0.15) is 25.0 Å². The summed E-state index contributed by atoms with van der Waals surface area (Å²) in [7, 11) is 0. The maximum atomic E-state index is 12.4. The van der Waals surface area contributed by atoms with Crippen molar-refractivity contribution in [2.75, 3.05) is 23.7 Å². The number of anilines is 2. The molecule has 2 heterocycles. The minimum absolute atomic E-state index is 0.0485. The Morgan fingerprint density at radius 1 is 1.23 bits per heavy atom. The standard InChI is InChI=1S/C20H21F2N7O2/c21-18(22)10-24-8-14(3-4-30)28-15-5-13(7-25-16(15)6-23)17-9-27-19(11-26-17)29-20(31)12-1-2-12/h4-5,7,9,11-12,14,18,24,28H,1-3,8,10H2,(H,27,29,31)/t14-/m0/s1. The molecule has 0 aromatic carbocycles. The van der Waals surface area contributed by atoms with Gasteiger partial charge in [-0.2, -0.15) is 5.26 Å². The Labute approximate surface area is 177 Å². The molecule has 0 bridgehead atoms. The third-order valence-electron chi connectivity index (χ3n) is 4.57. The Morgan fingerprint density at radius 2 is 2.03 bits per heavy atom. The number of nitriles is 1. The fourth-order valence-electron chi connectivity index (χ4n) is 2.82.